The average molecular weight is 289 g/mol. The fourth-order valence-electron chi connectivity index (χ4n) is 4.09. The molecule has 2 fully saturated rings. The van der Waals surface area contributed by atoms with Crippen molar-refractivity contribution in [2.45, 2.75) is 57.6 Å². The highest BCUT2D eigenvalue weighted by atomic mass is 16.5. The summed E-state index contributed by atoms with van der Waals surface area (Å²) in [5.41, 5.74) is 0.357. The van der Waals surface area contributed by atoms with Gasteiger partial charge in [0.2, 0.25) is 0 Å². The van der Waals surface area contributed by atoms with E-state index in [2.05, 4.69) is 12.2 Å². The Morgan fingerprint density at radius 2 is 1.90 bits per heavy atom. The fraction of sp³-hybridized carbons (Fsp3) is 0.667. The van der Waals surface area contributed by atoms with E-state index in [9.17, 15) is 0 Å². The maximum atomic E-state index is 6.36. The zero-order chi connectivity index (χ0) is 14.7. The van der Waals surface area contributed by atoms with Crippen LogP contribution in [0, 0.1) is 5.41 Å². The molecule has 0 heterocycles. The number of hydrogen-bond donors (Lipinski definition) is 1. The third kappa shape index (κ3) is 2.64. The molecule has 0 saturated heterocycles. The highest BCUT2D eigenvalue weighted by Crippen LogP contribution is 2.55. The van der Waals surface area contributed by atoms with E-state index in [1.165, 1.54) is 32.1 Å². The Morgan fingerprint density at radius 3 is 2.57 bits per heavy atom. The molecule has 2 saturated carbocycles. The van der Waals surface area contributed by atoms with E-state index in [1.807, 2.05) is 24.3 Å². The molecule has 1 spiro atoms. The van der Waals surface area contributed by atoms with Crippen molar-refractivity contribution in [1.82, 2.24) is 5.32 Å². The van der Waals surface area contributed by atoms with E-state index in [0.717, 1.165) is 24.5 Å². The predicted octanol–water partition coefficient (Wildman–Crippen LogP) is 3.77. The van der Waals surface area contributed by atoms with Crippen LogP contribution in [0.5, 0.6) is 11.5 Å². The number of ether oxygens (including phenoxy) is 2. The van der Waals surface area contributed by atoms with Crippen LogP contribution in [-0.2, 0) is 0 Å². The van der Waals surface area contributed by atoms with Crippen LogP contribution in [0.15, 0.2) is 24.3 Å². The summed E-state index contributed by atoms with van der Waals surface area (Å²) in [6.07, 6.45) is 7.95. The summed E-state index contributed by atoms with van der Waals surface area (Å²) in [4.78, 5) is 0. The molecule has 3 heteroatoms. The molecule has 0 amide bonds. The van der Waals surface area contributed by atoms with Crippen LogP contribution in [0.2, 0.25) is 0 Å². The summed E-state index contributed by atoms with van der Waals surface area (Å²) in [7, 11) is 1.71. The van der Waals surface area contributed by atoms with Gasteiger partial charge in [-0.2, -0.15) is 0 Å². The predicted molar refractivity (Wildman–Crippen MR) is 85.0 cm³/mol. The highest BCUT2D eigenvalue weighted by Gasteiger charge is 2.57. The molecule has 2 aliphatic rings. The molecule has 2 atom stereocenters. The Kier molecular flexibility index (Phi) is 4.39. The summed E-state index contributed by atoms with van der Waals surface area (Å²) in [6, 6.07) is 8.64. The van der Waals surface area contributed by atoms with Crippen molar-refractivity contribution in [3.63, 3.8) is 0 Å². The molecule has 1 aromatic carbocycles. The summed E-state index contributed by atoms with van der Waals surface area (Å²) < 4.78 is 11.8. The van der Waals surface area contributed by atoms with E-state index >= 15 is 0 Å². The molecule has 3 rings (SSSR count). The van der Waals surface area contributed by atoms with Gasteiger partial charge in [-0.25, -0.2) is 0 Å². The quantitative estimate of drug-likeness (QED) is 0.864. The van der Waals surface area contributed by atoms with E-state index in [-0.39, 0.29) is 0 Å². The number of benzene rings is 1. The lowest BCUT2D eigenvalue weighted by atomic mass is 9.60. The molecular weight excluding hydrogens is 262 g/mol. The van der Waals surface area contributed by atoms with E-state index < -0.39 is 0 Å². The molecule has 1 aromatic rings. The number of rotatable bonds is 6. The molecule has 0 bridgehead atoms. The van der Waals surface area contributed by atoms with E-state index in [1.54, 1.807) is 7.11 Å². The van der Waals surface area contributed by atoms with Crippen molar-refractivity contribution in [3.8, 4) is 11.5 Å². The zero-order valence-electron chi connectivity index (χ0n) is 13.2. The van der Waals surface area contributed by atoms with Gasteiger partial charge in [-0.1, -0.05) is 31.9 Å². The molecule has 2 unspecified atom stereocenters. The zero-order valence-corrected chi connectivity index (χ0v) is 13.2. The number of para-hydroxylation sites is 2. The number of methoxy groups -OCH3 is 1. The highest BCUT2D eigenvalue weighted by molar-refractivity contribution is 5.40. The van der Waals surface area contributed by atoms with Crippen LogP contribution >= 0.6 is 0 Å². The van der Waals surface area contributed by atoms with Crippen molar-refractivity contribution >= 4 is 0 Å². The SMILES string of the molecule is CCCNC1CC(Oc2ccccc2OC)C12CCCC2. The third-order valence-corrected chi connectivity index (χ3v) is 5.30. The van der Waals surface area contributed by atoms with E-state index in [4.69, 9.17) is 9.47 Å². The smallest absolute Gasteiger partial charge is 0.161 e. The largest absolute Gasteiger partial charge is 0.493 e. The maximum absolute atomic E-state index is 6.36. The van der Waals surface area contributed by atoms with Crippen LogP contribution in [0.4, 0.5) is 0 Å². The van der Waals surface area contributed by atoms with Crippen molar-refractivity contribution in [2.75, 3.05) is 13.7 Å². The van der Waals surface area contributed by atoms with Crippen LogP contribution in [0.1, 0.15) is 45.4 Å². The van der Waals surface area contributed by atoms with Gasteiger partial charge in [-0.3, -0.25) is 0 Å². The lowest BCUT2D eigenvalue weighted by Crippen LogP contribution is -2.63. The van der Waals surface area contributed by atoms with Crippen LogP contribution in [-0.4, -0.2) is 25.8 Å². The lowest BCUT2D eigenvalue weighted by molar-refractivity contribution is -0.0767. The first-order valence-corrected chi connectivity index (χ1v) is 8.33. The van der Waals surface area contributed by atoms with Crippen LogP contribution in [0.3, 0.4) is 0 Å². The minimum absolute atomic E-state index is 0.339. The van der Waals surface area contributed by atoms with E-state index in [0.29, 0.717) is 17.6 Å². The van der Waals surface area contributed by atoms with Gasteiger partial charge in [0.1, 0.15) is 6.10 Å². The first-order chi connectivity index (χ1) is 10.3. The third-order valence-electron chi connectivity index (χ3n) is 5.30. The number of hydrogen-bond acceptors (Lipinski definition) is 3. The van der Waals surface area contributed by atoms with Gasteiger partial charge < -0.3 is 14.8 Å². The Hall–Kier alpha value is -1.22. The van der Waals surface area contributed by atoms with Gasteiger partial charge in [0.05, 0.1) is 7.11 Å². The molecular formula is C18H27NO2. The second kappa shape index (κ2) is 6.27. The Bertz CT molecular complexity index is 468. The average Bonchev–Trinajstić information content (AvgIpc) is 3.03. The lowest BCUT2D eigenvalue weighted by Gasteiger charge is -2.54. The normalized spacial score (nSPS) is 26.6. The molecule has 2 aliphatic carbocycles. The van der Waals surface area contributed by atoms with Crippen LogP contribution < -0.4 is 14.8 Å². The van der Waals surface area contributed by atoms with Gasteiger partial charge in [0, 0.05) is 17.9 Å². The molecule has 1 N–H and O–H groups in total. The Morgan fingerprint density at radius 1 is 1.19 bits per heavy atom. The Balaban J connectivity index is 1.71. The first-order valence-electron chi connectivity index (χ1n) is 8.33. The van der Waals surface area contributed by atoms with Gasteiger partial charge in [0.25, 0.3) is 0 Å². The molecule has 0 aromatic heterocycles. The maximum Gasteiger partial charge on any atom is 0.161 e. The summed E-state index contributed by atoms with van der Waals surface area (Å²) in [5, 5.41) is 3.73. The van der Waals surface area contributed by atoms with Crippen LogP contribution in [0.25, 0.3) is 0 Å². The minimum atomic E-state index is 0.339. The van der Waals surface area contributed by atoms with Gasteiger partial charge in [0.15, 0.2) is 11.5 Å². The fourth-order valence-corrected chi connectivity index (χ4v) is 4.09. The molecule has 0 aliphatic heterocycles. The molecule has 116 valence electrons. The van der Waals surface area contributed by atoms with Crippen molar-refractivity contribution in [1.29, 1.82) is 0 Å². The first kappa shape index (κ1) is 14.7. The summed E-state index contributed by atoms with van der Waals surface area (Å²) in [6.45, 7) is 3.35. The van der Waals surface area contributed by atoms with Gasteiger partial charge in [-0.15, -0.1) is 0 Å². The molecule has 3 nitrogen and oxygen atoms in total. The monoisotopic (exact) mass is 289 g/mol. The van der Waals surface area contributed by atoms with Crippen molar-refractivity contribution in [2.24, 2.45) is 5.41 Å². The standard InChI is InChI=1S/C18H27NO2/c1-3-12-19-16-13-17(18(16)10-6-7-11-18)21-15-9-5-4-8-14(15)20-2/h4-5,8-9,16-17,19H,3,6-7,10-13H2,1-2H3. The summed E-state index contributed by atoms with van der Waals surface area (Å²) in [5.74, 6) is 1.74. The van der Waals surface area contributed by atoms with Gasteiger partial charge >= 0.3 is 0 Å². The molecule has 0 radical (unpaired) electrons. The number of nitrogens with one attached hydrogen (secondary N) is 1. The van der Waals surface area contributed by atoms with Crippen molar-refractivity contribution < 1.29 is 9.47 Å². The van der Waals surface area contributed by atoms with Crippen molar-refractivity contribution in [3.05, 3.63) is 24.3 Å². The molecule has 21 heavy (non-hydrogen) atoms. The topological polar surface area (TPSA) is 30.5 Å². The second-order valence-corrected chi connectivity index (χ2v) is 6.44. The summed E-state index contributed by atoms with van der Waals surface area (Å²) >= 11 is 0. The Labute approximate surface area is 128 Å². The second-order valence-electron chi connectivity index (χ2n) is 6.44. The van der Waals surface area contributed by atoms with Gasteiger partial charge in [-0.05, 0) is 37.9 Å². The minimum Gasteiger partial charge on any atom is -0.493 e.